The molecule has 5 heteroatoms. The van der Waals surface area contributed by atoms with Crippen LogP contribution in [0.4, 0.5) is 0 Å². The van der Waals surface area contributed by atoms with Crippen LogP contribution in [0.25, 0.3) is 0 Å². The lowest BCUT2D eigenvalue weighted by atomic mass is 10.0. The van der Waals surface area contributed by atoms with Gasteiger partial charge in [-0.05, 0) is 30.5 Å². The lowest BCUT2D eigenvalue weighted by Crippen LogP contribution is -2.58. The number of rotatable bonds is 5. The van der Waals surface area contributed by atoms with E-state index in [0.29, 0.717) is 19.5 Å². The molecule has 1 aromatic rings. The molecular formula is C15H20N2O3. The second kappa shape index (κ2) is 6.41. The first-order valence-corrected chi connectivity index (χ1v) is 6.98. The van der Waals surface area contributed by atoms with Crippen LogP contribution in [0.3, 0.4) is 0 Å². The number of nitrogens with zero attached hydrogens (tertiary/aromatic N) is 1. The molecule has 0 radical (unpaired) electrons. The van der Waals surface area contributed by atoms with Gasteiger partial charge in [-0.3, -0.25) is 9.59 Å². The van der Waals surface area contributed by atoms with Gasteiger partial charge >= 0.3 is 11.8 Å². The van der Waals surface area contributed by atoms with Crippen LogP contribution < -0.4 is 5.32 Å². The van der Waals surface area contributed by atoms with E-state index in [4.69, 9.17) is 0 Å². The quantitative estimate of drug-likeness (QED) is 0.790. The molecule has 1 saturated heterocycles. The molecule has 1 heterocycles. The molecule has 0 bridgehead atoms. The molecular weight excluding hydrogens is 256 g/mol. The van der Waals surface area contributed by atoms with Gasteiger partial charge in [0.25, 0.3) is 0 Å². The number of carbonyl (C=O) groups excluding carboxylic acids is 2. The Bertz CT molecular complexity index is 484. The summed E-state index contributed by atoms with van der Waals surface area (Å²) in [6, 6.07) is 6.93. The second-order valence-corrected chi connectivity index (χ2v) is 5.09. The Balaban J connectivity index is 2.08. The van der Waals surface area contributed by atoms with Gasteiger partial charge in [0.05, 0.1) is 6.04 Å². The third kappa shape index (κ3) is 3.29. The number of piperazine rings is 1. The van der Waals surface area contributed by atoms with Gasteiger partial charge in [-0.2, -0.15) is 0 Å². The fourth-order valence-corrected chi connectivity index (χ4v) is 2.39. The van der Waals surface area contributed by atoms with Crippen molar-refractivity contribution in [2.24, 2.45) is 0 Å². The molecule has 0 unspecified atom stereocenters. The third-order valence-corrected chi connectivity index (χ3v) is 3.55. The summed E-state index contributed by atoms with van der Waals surface area (Å²) < 4.78 is 0. The monoisotopic (exact) mass is 276 g/mol. The molecule has 108 valence electrons. The maximum atomic E-state index is 12.0. The van der Waals surface area contributed by atoms with Gasteiger partial charge in [0.2, 0.25) is 0 Å². The SMILES string of the molecule is CCCCN1C(=O)C(=O)NC[C@@H]1Cc1ccc(O)cc1. The molecule has 1 atom stereocenters. The number of hydrogen-bond acceptors (Lipinski definition) is 3. The molecule has 20 heavy (non-hydrogen) atoms. The lowest BCUT2D eigenvalue weighted by Gasteiger charge is -2.35. The summed E-state index contributed by atoms with van der Waals surface area (Å²) in [7, 11) is 0. The summed E-state index contributed by atoms with van der Waals surface area (Å²) in [4.78, 5) is 25.1. The maximum Gasteiger partial charge on any atom is 0.312 e. The highest BCUT2D eigenvalue weighted by atomic mass is 16.3. The average molecular weight is 276 g/mol. The highest BCUT2D eigenvalue weighted by Crippen LogP contribution is 2.16. The molecule has 2 amide bonds. The standard InChI is InChI=1S/C15H20N2O3/c1-2-3-8-17-12(10-16-14(19)15(17)20)9-11-4-6-13(18)7-5-11/h4-7,12,18H,2-3,8-10H2,1H3,(H,16,19)/t12-/m0/s1. The minimum absolute atomic E-state index is 0.0173. The van der Waals surface area contributed by atoms with E-state index in [1.54, 1.807) is 17.0 Å². The molecule has 1 aliphatic heterocycles. The number of phenolic OH excluding ortho intramolecular Hbond substituents is 1. The first-order chi connectivity index (χ1) is 9.61. The molecule has 2 N–H and O–H groups in total. The first-order valence-electron chi connectivity index (χ1n) is 6.98. The summed E-state index contributed by atoms with van der Waals surface area (Å²) in [5, 5.41) is 11.9. The number of phenols is 1. The number of unbranched alkanes of at least 4 members (excludes halogenated alkanes) is 1. The third-order valence-electron chi connectivity index (χ3n) is 3.55. The molecule has 1 fully saturated rings. The van der Waals surface area contributed by atoms with E-state index >= 15 is 0 Å². The smallest absolute Gasteiger partial charge is 0.312 e. The largest absolute Gasteiger partial charge is 0.508 e. The van der Waals surface area contributed by atoms with E-state index in [1.165, 1.54) is 0 Å². The van der Waals surface area contributed by atoms with E-state index in [2.05, 4.69) is 12.2 Å². The Labute approximate surface area is 118 Å². The zero-order valence-corrected chi connectivity index (χ0v) is 11.6. The van der Waals surface area contributed by atoms with Gasteiger partial charge in [-0.25, -0.2) is 0 Å². The van der Waals surface area contributed by atoms with Crippen LogP contribution in [-0.4, -0.2) is 41.0 Å². The van der Waals surface area contributed by atoms with Gasteiger partial charge in [-0.1, -0.05) is 25.5 Å². The topological polar surface area (TPSA) is 69.6 Å². The minimum atomic E-state index is -0.511. The first kappa shape index (κ1) is 14.4. The van der Waals surface area contributed by atoms with E-state index in [0.717, 1.165) is 18.4 Å². The molecule has 5 nitrogen and oxygen atoms in total. The fraction of sp³-hybridized carbons (Fsp3) is 0.467. The highest BCUT2D eigenvalue weighted by molar-refractivity contribution is 6.35. The van der Waals surface area contributed by atoms with Crippen LogP contribution in [-0.2, 0) is 16.0 Å². The normalized spacial score (nSPS) is 19.1. The summed E-state index contributed by atoms with van der Waals surface area (Å²) in [6.07, 6.45) is 2.55. The fourth-order valence-electron chi connectivity index (χ4n) is 2.39. The maximum absolute atomic E-state index is 12.0. The highest BCUT2D eigenvalue weighted by Gasteiger charge is 2.33. The molecule has 0 aromatic heterocycles. The molecule has 1 aliphatic rings. The van der Waals surface area contributed by atoms with Crippen LogP contribution in [0.5, 0.6) is 5.75 Å². The van der Waals surface area contributed by atoms with Crippen molar-refractivity contribution in [3.8, 4) is 5.75 Å². The van der Waals surface area contributed by atoms with Gasteiger partial charge in [0.15, 0.2) is 0 Å². The van der Waals surface area contributed by atoms with E-state index < -0.39 is 11.8 Å². The summed E-state index contributed by atoms with van der Waals surface area (Å²) in [5.41, 5.74) is 1.04. The molecule has 0 aliphatic carbocycles. The van der Waals surface area contributed by atoms with Gasteiger partial charge in [0.1, 0.15) is 5.75 Å². The van der Waals surface area contributed by atoms with Gasteiger partial charge in [0, 0.05) is 13.1 Å². The number of benzene rings is 1. The van der Waals surface area contributed by atoms with E-state index in [9.17, 15) is 14.7 Å². The minimum Gasteiger partial charge on any atom is -0.508 e. The van der Waals surface area contributed by atoms with Crippen molar-refractivity contribution in [2.75, 3.05) is 13.1 Å². The average Bonchev–Trinajstić information content (AvgIpc) is 2.45. The van der Waals surface area contributed by atoms with Crippen molar-refractivity contribution in [2.45, 2.75) is 32.2 Å². The van der Waals surface area contributed by atoms with Gasteiger partial charge in [-0.15, -0.1) is 0 Å². The zero-order valence-electron chi connectivity index (χ0n) is 11.6. The van der Waals surface area contributed by atoms with Crippen LogP contribution in [0.1, 0.15) is 25.3 Å². The van der Waals surface area contributed by atoms with Crippen molar-refractivity contribution in [3.63, 3.8) is 0 Å². The Hall–Kier alpha value is -2.04. The molecule has 0 saturated carbocycles. The number of aromatic hydroxyl groups is 1. The Morgan fingerprint density at radius 2 is 2.00 bits per heavy atom. The number of hydrogen-bond donors (Lipinski definition) is 2. The van der Waals surface area contributed by atoms with Crippen LogP contribution >= 0.6 is 0 Å². The van der Waals surface area contributed by atoms with Crippen molar-refractivity contribution in [1.29, 1.82) is 0 Å². The van der Waals surface area contributed by atoms with Crippen molar-refractivity contribution < 1.29 is 14.7 Å². The number of amides is 2. The van der Waals surface area contributed by atoms with Crippen LogP contribution in [0.15, 0.2) is 24.3 Å². The Morgan fingerprint density at radius 1 is 1.30 bits per heavy atom. The van der Waals surface area contributed by atoms with Crippen LogP contribution in [0, 0.1) is 0 Å². The summed E-state index contributed by atoms with van der Waals surface area (Å²) in [5.74, 6) is -0.721. The van der Waals surface area contributed by atoms with Gasteiger partial charge < -0.3 is 15.3 Å². The number of carbonyl (C=O) groups is 2. The van der Waals surface area contributed by atoms with E-state index in [-0.39, 0.29) is 11.8 Å². The van der Waals surface area contributed by atoms with Crippen molar-refractivity contribution in [3.05, 3.63) is 29.8 Å². The molecule has 2 rings (SSSR count). The Morgan fingerprint density at radius 3 is 2.65 bits per heavy atom. The number of nitrogens with one attached hydrogen (secondary N) is 1. The second-order valence-electron chi connectivity index (χ2n) is 5.09. The van der Waals surface area contributed by atoms with Crippen molar-refractivity contribution >= 4 is 11.8 Å². The lowest BCUT2D eigenvalue weighted by molar-refractivity contribution is -0.150. The summed E-state index contributed by atoms with van der Waals surface area (Å²) >= 11 is 0. The van der Waals surface area contributed by atoms with Crippen molar-refractivity contribution in [1.82, 2.24) is 10.2 Å². The molecule has 1 aromatic carbocycles. The predicted octanol–water partition coefficient (Wildman–Crippen LogP) is 1.06. The van der Waals surface area contributed by atoms with Crippen LogP contribution in [0.2, 0.25) is 0 Å². The van der Waals surface area contributed by atoms with E-state index in [1.807, 2.05) is 12.1 Å². The predicted molar refractivity (Wildman–Crippen MR) is 75.2 cm³/mol. The zero-order chi connectivity index (χ0) is 14.5. The summed E-state index contributed by atoms with van der Waals surface area (Å²) in [6.45, 7) is 3.16. The Kier molecular flexibility index (Phi) is 4.61. The molecule has 0 spiro atoms.